The Labute approximate surface area is 152 Å². The zero-order chi connectivity index (χ0) is 18.8. The number of para-hydroxylation sites is 1. The van der Waals surface area contributed by atoms with Crippen LogP contribution in [0, 0.1) is 0 Å². The minimum absolute atomic E-state index is 0.101. The number of benzene rings is 1. The van der Waals surface area contributed by atoms with E-state index < -0.39 is 6.23 Å². The van der Waals surface area contributed by atoms with E-state index in [1.807, 2.05) is 0 Å². The van der Waals surface area contributed by atoms with Gasteiger partial charge in [0.2, 0.25) is 5.91 Å². The Balaban J connectivity index is 1.95. The monoisotopic (exact) mass is 357 g/mol. The fraction of sp³-hybridized carbons (Fsp3) is 0.368. The van der Waals surface area contributed by atoms with Crippen LogP contribution in [0.1, 0.15) is 16.8 Å². The van der Waals surface area contributed by atoms with Gasteiger partial charge in [0, 0.05) is 33.5 Å². The zero-order valence-corrected chi connectivity index (χ0v) is 15.4. The predicted molar refractivity (Wildman–Crippen MR) is 97.9 cm³/mol. The van der Waals surface area contributed by atoms with Crippen molar-refractivity contribution >= 4 is 17.5 Å². The molecule has 7 heteroatoms. The van der Waals surface area contributed by atoms with Crippen molar-refractivity contribution in [3.8, 4) is 5.75 Å². The third-order valence-electron chi connectivity index (χ3n) is 4.59. The van der Waals surface area contributed by atoms with Crippen molar-refractivity contribution in [1.29, 1.82) is 0 Å². The molecule has 0 bridgehead atoms. The quantitative estimate of drug-likeness (QED) is 0.833. The van der Waals surface area contributed by atoms with Gasteiger partial charge in [0.15, 0.2) is 0 Å². The van der Waals surface area contributed by atoms with Crippen LogP contribution in [0.4, 0.5) is 5.69 Å². The number of ether oxygens (including phenoxy) is 2. The average Bonchev–Trinajstić information content (AvgIpc) is 3.02. The normalized spacial score (nSPS) is 21.6. The standard InChI is InChI=1S/C19H23N3O4/c1-21(2)16(23)9-8-12-10-14-18(26-4)20-17-13(19(24)22(14)11-12)6-5-7-15(17)25-3/h5-9,11,14,18,20H,10H2,1-4H3/b9-8+/t14?,18-/m1/s1. The smallest absolute Gasteiger partial charge is 0.260 e. The van der Waals surface area contributed by atoms with Gasteiger partial charge >= 0.3 is 0 Å². The first-order valence-corrected chi connectivity index (χ1v) is 8.35. The Morgan fingerprint density at radius 2 is 2.12 bits per heavy atom. The van der Waals surface area contributed by atoms with E-state index in [4.69, 9.17) is 9.47 Å². The van der Waals surface area contributed by atoms with Gasteiger partial charge in [-0.15, -0.1) is 0 Å². The van der Waals surface area contributed by atoms with E-state index in [-0.39, 0.29) is 17.9 Å². The molecule has 7 nitrogen and oxygen atoms in total. The van der Waals surface area contributed by atoms with E-state index in [1.54, 1.807) is 63.7 Å². The summed E-state index contributed by atoms with van der Waals surface area (Å²) in [6.45, 7) is 0. The molecule has 1 aromatic rings. The maximum Gasteiger partial charge on any atom is 0.260 e. The zero-order valence-electron chi connectivity index (χ0n) is 15.4. The molecule has 2 heterocycles. The largest absolute Gasteiger partial charge is 0.495 e. The Hall–Kier alpha value is -2.80. The number of carbonyl (C=O) groups is 2. The van der Waals surface area contributed by atoms with Crippen molar-refractivity contribution in [1.82, 2.24) is 9.80 Å². The molecule has 1 aromatic carbocycles. The maximum absolute atomic E-state index is 13.1. The average molecular weight is 357 g/mol. The number of nitrogens with zero attached hydrogens (tertiary/aromatic N) is 2. The van der Waals surface area contributed by atoms with Gasteiger partial charge in [0.25, 0.3) is 5.91 Å². The van der Waals surface area contributed by atoms with Crippen molar-refractivity contribution in [3.63, 3.8) is 0 Å². The van der Waals surface area contributed by atoms with E-state index in [0.29, 0.717) is 23.4 Å². The van der Waals surface area contributed by atoms with Gasteiger partial charge in [0.05, 0.1) is 24.4 Å². The molecule has 3 rings (SSSR count). The number of carbonyl (C=O) groups excluding carboxylic acids is 2. The molecule has 0 aliphatic carbocycles. The summed E-state index contributed by atoms with van der Waals surface area (Å²) in [6, 6.07) is 5.15. The molecule has 1 unspecified atom stereocenters. The first-order valence-electron chi connectivity index (χ1n) is 8.35. The van der Waals surface area contributed by atoms with Gasteiger partial charge < -0.3 is 24.6 Å². The molecular formula is C19H23N3O4. The summed E-state index contributed by atoms with van der Waals surface area (Å²) in [4.78, 5) is 28.0. The molecule has 0 saturated heterocycles. The number of amides is 2. The van der Waals surface area contributed by atoms with Crippen LogP contribution in [0.25, 0.3) is 0 Å². The fourth-order valence-corrected chi connectivity index (χ4v) is 3.19. The van der Waals surface area contributed by atoms with E-state index in [1.165, 1.54) is 11.0 Å². The van der Waals surface area contributed by atoms with Gasteiger partial charge in [0.1, 0.15) is 12.0 Å². The van der Waals surface area contributed by atoms with Crippen molar-refractivity contribution in [2.24, 2.45) is 0 Å². The van der Waals surface area contributed by atoms with Crippen molar-refractivity contribution < 1.29 is 19.1 Å². The highest BCUT2D eigenvalue weighted by molar-refractivity contribution is 6.02. The second-order valence-corrected chi connectivity index (χ2v) is 6.44. The number of hydrogen-bond acceptors (Lipinski definition) is 5. The minimum Gasteiger partial charge on any atom is -0.495 e. The molecule has 0 aromatic heterocycles. The van der Waals surface area contributed by atoms with Crippen LogP contribution in [0.2, 0.25) is 0 Å². The highest BCUT2D eigenvalue weighted by Crippen LogP contribution is 2.37. The lowest BCUT2D eigenvalue weighted by Gasteiger charge is -2.27. The maximum atomic E-state index is 13.1. The van der Waals surface area contributed by atoms with Crippen LogP contribution in [0.3, 0.4) is 0 Å². The summed E-state index contributed by atoms with van der Waals surface area (Å²) in [5.74, 6) is 0.369. The molecule has 0 spiro atoms. The number of nitrogens with one attached hydrogen (secondary N) is 1. The summed E-state index contributed by atoms with van der Waals surface area (Å²) < 4.78 is 11.0. The Morgan fingerprint density at radius 1 is 1.35 bits per heavy atom. The minimum atomic E-state index is -0.400. The number of rotatable bonds is 4. The van der Waals surface area contributed by atoms with Crippen LogP contribution in [0.15, 0.2) is 42.1 Å². The van der Waals surface area contributed by atoms with Gasteiger partial charge in [-0.2, -0.15) is 0 Å². The number of hydrogen-bond donors (Lipinski definition) is 1. The van der Waals surface area contributed by atoms with Gasteiger partial charge in [-0.05, 0) is 24.1 Å². The number of allylic oxidation sites excluding steroid dienone is 1. The van der Waals surface area contributed by atoms with E-state index in [0.717, 1.165) is 5.57 Å². The van der Waals surface area contributed by atoms with Crippen molar-refractivity contribution in [3.05, 3.63) is 47.7 Å². The van der Waals surface area contributed by atoms with E-state index >= 15 is 0 Å². The van der Waals surface area contributed by atoms with Crippen LogP contribution in [0.5, 0.6) is 5.75 Å². The Kier molecular flexibility index (Phi) is 4.99. The van der Waals surface area contributed by atoms with Crippen molar-refractivity contribution in [2.45, 2.75) is 18.7 Å². The number of likely N-dealkylation sites (N-methyl/N-ethyl adjacent to an activating group) is 1. The van der Waals surface area contributed by atoms with E-state index in [9.17, 15) is 9.59 Å². The summed E-state index contributed by atoms with van der Waals surface area (Å²) in [5, 5.41) is 3.29. The predicted octanol–water partition coefficient (Wildman–Crippen LogP) is 1.84. The molecule has 0 fully saturated rings. The van der Waals surface area contributed by atoms with Gasteiger partial charge in [-0.1, -0.05) is 12.1 Å². The first kappa shape index (κ1) is 18.0. The Bertz CT molecular complexity index is 785. The Morgan fingerprint density at radius 3 is 2.77 bits per heavy atom. The summed E-state index contributed by atoms with van der Waals surface area (Å²) >= 11 is 0. The lowest BCUT2D eigenvalue weighted by molar-refractivity contribution is -0.123. The van der Waals surface area contributed by atoms with Crippen LogP contribution in [-0.2, 0) is 9.53 Å². The third-order valence-corrected chi connectivity index (χ3v) is 4.59. The van der Waals surface area contributed by atoms with Gasteiger partial charge in [-0.3, -0.25) is 9.59 Å². The third kappa shape index (κ3) is 3.17. The lowest BCUT2D eigenvalue weighted by atomic mass is 10.1. The van der Waals surface area contributed by atoms with Crippen LogP contribution in [-0.4, -0.2) is 62.2 Å². The summed E-state index contributed by atoms with van der Waals surface area (Å²) in [7, 11) is 6.56. The number of fused-ring (bicyclic) bond motifs is 2. The fourth-order valence-electron chi connectivity index (χ4n) is 3.19. The molecule has 2 aliphatic rings. The van der Waals surface area contributed by atoms with Crippen LogP contribution >= 0.6 is 0 Å². The van der Waals surface area contributed by atoms with Gasteiger partial charge in [-0.25, -0.2) is 0 Å². The molecule has 2 atom stereocenters. The first-order chi connectivity index (χ1) is 12.5. The highest BCUT2D eigenvalue weighted by Gasteiger charge is 2.40. The number of anilines is 1. The summed E-state index contributed by atoms with van der Waals surface area (Å²) in [5.41, 5.74) is 2.06. The molecular weight excluding hydrogens is 334 g/mol. The molecule has 2 amide bonds. The molecule has 1 N–H and O–H groups in total. The molecule has 0 saturated carbocycles. The highest BCUT2D eigenvalue weighted by atomic mass is 16.5. The van der Waals surface area contributed by atoms with Crippen molar-refractivity contribution in [2.75, 3.05) is 33.6 Å². The molecule has 26 heavy (non-hydrogen) atoms. The topological polar surface area (TPSA) is 71.1 Å². The van der Waals surface area contributed by atoms with E-state index in [2.05, 4.69) is 5.32 Å². The number of methoxy groups -OCH3 is 2. The lowest BCUT2D eigenvalue weighted by Crippen LogP contribution is -2.43. The second-order valence-electron chi connectivity index (χ2n) is 6.44. The molecule has 138 valence electrons. The molecule has 0 radical (unpaired) electrons. The molecule has 2 aliphatic heterocycles. The second kappa shape index (κ2) is 7.21. The van der Waals surface area contributed by atoms with Crippen LogP contribution < -0.4 is 10.1 Å². The summed E-state index contributed by atoms with van der Waals surface area (Å²) in [6.07, 6.45) is 5.24. The SMILES string of the molecule is COc1cccc2c1N[C@H](OC)C1CC(/C=C/C(=O)N(C)C)=CN1C2=O.